The number of hydrogen-bond donors (Lipinski definition) is 1. The predicted molar refractivity (Wildman–Crippen MR) is 72.1 cm³/mol. The van der Waals surface area contributed by atoms with Crippen molar-refractivity contribution in [2.24, 2.45) is 0 Å². The Hall–Kier alpha value is -1.81. The van der Waals surface area contributed by atoms with Crippen LogP contribution in [0.15, 0.2) is 30.5 Å². The Morgan fingerprint density at radius 1 is 1.37 bits per heavy atom. The van der Waals surface area contributed by atoms with Crippen LogP contribution < -0.4 is 0 Å². The van der Waals surface area contributed by atoms with Gasteiger partial charge in [-0.3, -0.25) is 4.79 Å². The van der Waals surface area contributed by atoms with Crippen molar-refractivity contribution in [2.75, 3.05) is 6.61 Å². The third-order valence-corrected chi connectivity index (χ3v) is 3.63. The number of carboxylic acid groups (broad SMARTS) is 1. The molecule has 4 heteroatoms. The number of para-hydroxylation sites is 1. The van der Waals surface area contributed by atoms with Crippen LogP contribution in [0.2, 0.25) is 0 Å². The molecule has 1 aromatic carbocycles. The van der Waals surface area contributed by atoms with Crippen LogP contribution in [0.5, 0.6) is 0 Å². The number of carboxylic acids is 1. The van der Waals surface area contributed by atoms with Crippen molar-refractivity contribution < 1.29 is 14.6 Å². The number of ether oxygens (including phenoxy) is 1. The molecule has 0 amide bonds. The van der Waals surface area contributed by atoms with E-state index in [1.165, 1.54) is 0 Å². The quantitative estimate of drug-likeness (QED) is 0.922. The molecule has 1 aliphatic rings. The van der Waals surface area contributed by atoms with E-state index in [1.807, 2.05) is 30.5 Å². The largest absolute Gasteiger partial charge is 0.481 e. The molecule has 1 saturated heterocycles. The van der Waals surface area contributed by atoms with E-state index in [0.29, 0.717) is 0 Å². The van der Waals surface area contributed by atoms with Crippen LogP contribution in [-0.4, -0.2) is 22.2 Å². The van der Waals surface area contributed by atoms with Gasteiger partial charge >= 0.3 is 5.97 Å². The lowest BCUT2D eigenvalue weighted by molar-refractivity contribution is -0.136. The molecule has 1 fully saturated rings. The maximum atomic E-state index is 11.0. The molecule has 0 spiro atoms. The van der Waals surface area contributed by atoms with E-state index < -0.39 is 5.97 Å². The second-order valence-corrected chi connectivity index (χ2v) is 4.97. The Labute approximate surface area is 111 Å². The second-order valence-electron chi connectivity index (χ2n) is 4.97. The lowest BCUT2D eigenvalue weighted by Crippen LogP contribution is -2.17. The third-order valence-electron chi connectivity index (χ3n) is 3.63. The molecular weight excluding hydrogens is 242 g/mol. The zero-order valence-corrected chi connectivity index (χ0v) is 10.7. The normalized spacial score (nSPS) is 19.7. The second kappa shape index (κ2) is 5.05. The highest BCUT2D eigenvalue weighted by atomic mass is 16.5. The molecule has 4 nitrogen and oxygen atoms in total. The van der Waals surface area contributed by atoms with E-state index in [4.69, 9.17) is 9.84 Å². The van der Waals surface area contributed by atoms with Gasteiger partial charge < -0.3 is 14.4 Å². The SMILES string of the molecule is O=C(O)Cc1cn(C2CCCCO2)c2ccccc12. The Morgan fingerprint density at radius 2 is 2.21 bits per heavy atom. The lowest BCUT2D eigenvalue weighted by Gasteiger charge is -2.24. The molecule has 2 heterocycles. The minimum atomic E-state index is -0.799. The van der Waals surface area contributed by atoms with Crippen LogP contribution in [0.1, 0.15) is 31.1 Å². The van der Waals surface area contributed by atoms with Crippen LogP contribution in [0, 0.1) is 0 Å². The minimum absolute atomic E-state index is 0.0428. The fourth-order valence-corrected chi connectivity index (χ4v) is 2.76. The number of fused-ring (bicyclic) bond motifs is 1. The summed E-state index contributed by atoms with van der Waals surface area (Å²) in [5.41, 5.74) is 1.92. The van der Waals surface area contributed by atoms with Crippen molar-refractivity contribution in [1.82, 2.24) is 4.57 Å². The first-order valence-corrected chi connectivity index (χ1v) is 6.67. The van der Waals surface area contributed by atoms with E-state index in [0.717, 1.165) is 42.3 Å². The van der Waals surface area contributed by atoms with E-state index in [2.05, 4.69) is 4.57 Å². The van der Waals surface area contributed by atoms with Crippen molar-refractivity contribution in [3.8, 4) is 0 Å². The third kappa shape index (κ3) is 2.36. The molecule has 1 aliphatic heterocycles. The van der Waals surface area contributed by atoms with Crippen LogP contribution in [0.25, 0.3) is 10.9 Å². The predicted octanol–water partition coefficient (Wildman–Crippen LogP) is 2.97. The summed E-state index contributed by atoms with van der Waals surface area (Å²) in [7, 11) is 0. The number of aliphatic carboxylic acids is 1. The van der Waals surface area contributed by atoms with Crippen LogP contribution in [0.4, 0.5) is 0 Å². The summed E-state index contributed by atoms with van der Waals surface area (Å²) in [4.78, 5) is 11.0. The van der Waals surface area contributed by atoms with E-state index >= 15 is 0 Å². The minimum Gasteiger partial charge on any atom is -0.481 e. The van der Waals surface area contributed by atoms with Gasteiger partial charge in [0.25, 0.3) is 0 Å². The van der Waals surface area contributed by atoms with Crippen LogP contribution >= 0.6 is 0 Å². The first kappa shape index (κ1) is 12.2. The molecule has 1 aromatic heterocycles. The van der Waals surface area contributed by atoms with Gasteiger partial charge in [0.15, 0.2) is 0 Å². The van der Waals surface area contributed by atoms with Crippen molar-refractivity contribution in [3.63, 3.8) is 0 Å². The van der Waals surface area contributed by atoms with Crippen molar-refractivity contribution in [1.29, 1.82) is 0 Å². The standard InChI is InChI=1S/C15H17NO3/c17-15(18)9-11-10-16(14-7-3-4-8-19-14)13-6-2-1-5-12(11)13/h1-2,5-6,10,14H,3-4,7-9H2,(H,17,18). The molecule has 100 valence electrons. The molecular formula is C15H17NO3. The van der Waals surface area contributed by atoms with Gasteiger partial charge in [-0.1, -0.05) is 18.2 Å². The molecule has 19 heavy (non-hydrogen) atoms. The monoisotopic (exact) mass is 259 g/mol. The average Bonchev–Trinajstić information content (AvgIpc) is 2.78. The summed E-state index contributed by atoms with van der Waals surface area (Å²) in [6, 6.07) is 7.93. The van der Waals surface area contributed by atoms with Gasteiger partial charge in [-0.15, -0.1) is 0 Å². The van der Waals surface area contributed by atoms with Gasteiger partial charge in [0.2, 0.25) is 0 Å². The number of carbonyl (C=O) groups is 1. The van der Waals surface area contributed by atoms with Crippen LogP contribution in [0.3, 0.4) is 0 Å². The number of rotatable bonds is 3. The average molecular weight is 259 g/mol. The molecule has 2 aromatic rings. The number of benzene rings is 1. The smallest absolute Gasteiger partial charge is 0.307 e. The van der Waals surface area contributed by atoms with Gasteiger partial charge in [-0.25, -0.2) is 0 Å². The maximum absolute atomic E-state index is 11.0. The topological polar surface area (TPSA) is 51.5 Å². The Kier molecular flexibility index (Phi) is 3.25. The Bertz CT molecular complexity index is 596. The number of nitrogens with zero attached hydrogens (tertiary/aromatic N) is 1. The summed E-state index contributed by atoms with van der Waals surface area (Å²) >= 11 is 0. The first-order chi connectivity index (χ1) is 9.25. The first-order valence-electron chi connectivity index (χ1n) is 6.67. The lowest BCUT2D eigenvalue weighted by atomic mass is 10.1. The Morgan fingerprint density at radius 3 is 2.95 bits per heavy atom. The highest BCUT2D eigenvalue weighted by Gasteiger charge is 2.19. The molecule has 0 bridgehead atoms. The molecule has 0 aliphatic carbocycles. The summed E-state index contributed by atoms with van der Waals surface area (Å²) < 4.78 is 7.90. The summed E-state index contributed by atoms with van der Waals surface area (Å²) in [5, 5.41) is 10.0. The van der Waals surface area contributed by atoms with Gasteiger partial charge in [0.1, 0.15) is 6.23 Å². The molecule has 0 radical (unpaired) electrons. The molecule has 1 atom stereocenters. The van der Waals surface area contributed by atoms with E-state index in [-0.39, 0.29) is 12.6 Å². The van der Waals surface area contributed by atoms with Gasteiger partial charge in [0.05, 0.1) is 11.9 Å². The molecule has 1 N–H and O–H groups in total. The van der Waals surface area contributed by atoms with Gasteiger partial charge in [0, 0.05) is 18.2 Å². The zero-order valence-electron chi connectivity index (χ0n) is 10.7. The van der Waals surface area contributed by atoms with Crippen molar-refractivity contribution in [3.05, 3.63) is 36.0 Å². The van der Waals surface area contributed by atoms with Crippen molar-refractivity contribution >= 4 is 16.9 Å². The molecule has 0 saturated carbocycles. The van der Waals surface area contributed by atoms with Gasteiger partial charge in [-0.05, 0) is 30.9 Å². The molecule has 1 unspecified atom stereocenters. The summed E-state index contributed by atoms with van der Waals surface area (Å²) in [5.74, 6) is -0.799. The summed E-state index contributed by atoms with van der Waals surface area (Å²) in [6.45, 7) is 0.783. The number of aromatic nitrogens is 1. The zero-order chi connectivity index (χ0) is 13.2. The van der Waals surface area contributed by atoms with Crippen molar-refractivity contribution in [2.45, 2.75) is 31.9 Å². The molecule has 3 rings (SSSR count). The fraction of sp³-hybridized carbons (Fsp3) is 0.400. The highest BCUT2D eigenvalue weighted by molar-refractivity contribution is 5.87. The number of hydrogen-bond acceptors (Lipinski definition) is 2. The maximum Gasteiger partial charge on any atom is 0.307 e. The Balaban J connectivity index is 2.05. The van der Waals surface area contributed by atoms with E-state index in [9.17, 15) is 4.79 Å². The van der Waals surface area contributed by atoms with Crippen LogP contribution in [-0.2, 0) is 16.0 Å². The fourth-order valence-electron chi connectivity index (χ4n) is 2.76. The van der Waals surface area contributed by atoms with E-state index in [1.54, 1.807) is 0 Å². The highest BCUT2D eigenvalue weighted by Crippen LogP contribution is 2.30. The summed E-state index contributed by atoms with van der Waals surface area (Å²) in [6.07, 6.45) is 5.30. The van der Waals surface area contributed by atoms with Gasteiger partial charge in [-0.2, -0.15) is 0 Å².